The van der Waals surface area contributed by atoms with Crippen LogP contribution in [0.1, 0.15) is 23.7 Å². The molecule has 0 fully saturated rings. The molecule has 0 bridgehead atoms. The van der Waals surface area contributed by atoms with Crippen LogP contribution in [-0.2, 0) is 9.53 Å². The number of benzene rings is 1. The van der Waals surface area contributed by atoms with Crippen molar-refractivity contribution in [2.75, 3.05) is 7.11 Å². The van der Waals surface area contributed by atoms with Gasteiger partial charge in [-0.25, -0.2) is 4.39 Å². The first kappa shape index (κ1) is 12.1. The van der Waals surface area contributed by atoms with Crippen LogP contribution in [0.15, 0.2) is 18.2 Å². The molecular weight excluding hydrogens is 213 g/mol. The normalized spacial score (nSPS) is 11.6. The Morgan fingerprint density at radius 1 is 1.69 bits per heavy atom. The fourth-order valence-corrected chi connectivity index (χ4v) is 1.19. The van der Waals surface area contributed by atoms with Gasteiger partial charge in [0.1, 0.15) is 11.9 Å². The molecule has 1 aromatic carbocycles. The Balaban J connectivity index is 2.89. The number of nitriles is 1. The minimum Gasteiger partial charge on any atom is -0.469 e. The summed E-state index contributed by atoms with van der Waals surface area (Å²) in [5.41, 5.74) is 0.143. The Morgan fingerprint density at radius 2 is 2.38 bits per heavy atom. The molecule has 0 saturated heterocycles. The third-order valence-corrected chi connectivity index (χ3v) is 2.08. The van der Waals surface area contributed by atoms with Crippen molar-refractivity contribution in [1.29, 1.82) is 5.26 Å². The highest BCUT2D eigenvalue weighted by Crippen LogP contribution is 2.19. The van der Waals surface area contributed by atoms with E-state index in [4.69, 9.17) is 5.26 Å². The summed E-state index contributed by atoms with van der Waals surface area (Å²) in [5.74, 6) is -1.23. The fraction of sp³-hybridized carbons (Fsp3) is 0.273. The summed E-state index contributed by atoms with van der Waals surface area (Å²) in [5, 5.41) is 18.2. The number of aliphatic hydroxyl groups is 1. The van der Waals surface area contributed by atoms with E-state index in [0.717, 1.165) is 6.07 Å². The number of esters is 1. The zero-order valence-corrected chi connectivity index (χ0v) is 8.61. The number of halogens is 1. The highest BCUT2D eigenvalue weighted by atomic mass is 19.1. The Labute approximate surface area is 91.9 Å². The second-order valence-corrected chi connectivity index (χ2v) is 3.15. The Hall–Kier alpha value is -1.93. The summed E-state index contributed by atoms with van der Waals surface area (Å²) in [6.45, 7) is 0. The second kappa shape index (κ2) is 5.24. The predicted molar refractivity (Wildman–Crippen MR) is 52.7 cm³/mol. The van der Waals surface area contributed by atoms with Gasteiger partial charge in [0.2, 0.25) is 0 Å². The lowest BCUT2D eigenvalue weighted by molar-refractivity contribution is -0.142. The molecule has 1 N–H and O–H groups in total. The Morgan fingerprint density at radius 3 is 2.94 bits per heavy atom. The molecule has 0 radical (unpaired) electrons. The monoisotopic (exact) mass is 223 g/mol. The van der Waals surface area contributed by atoms with Gasteiger partial charge in [-0.05, 0) is 17.7 Å². The molecule has 84 valence electrons. The number of carbonyl (C=O) groups excluding carboxylic acids is 1. The maximum Gasteiger partial charge on any atom is 0.308 e. The van der Waals surface area contributed by atoms with E-state index in [2.05, 4.69) is 4.74 Å². The first-order chi connectivity index (χ1) is 7.58. The highest BCUT2D eigenvalue weighted by Gasteiger charge is 2.14. The molecule has 0 spiro atoms. The van der Waals surface area contributed by atoms with Gasteiger partial charge in [-0.3, -0.25) is 4.79 Å². The highest BCUT2D eigenvalue weighted by molar-refractivity contribution is 5.70. The molecule has 1 aromatic rings. The van der Waals surface area contributed by atoms with E-state index >= 15 is 0 Å². The van der Waals surface area contributed by atoms with Crippen molar-refractivity contribution in [2.24, 2.45) is 0 Å². The number of rotatable bonds is 3. The van der Waals surface area contributed by atoms with Gasteiger partial charge < -0.3 is 9.84 Å². The van der Waals surface area contributed by atoms with Gasteiger partial charge in [-0.1, -0.05) is 6.07 Å². The zero-order chi connectivity index (χ0) is 12.1. The molecule has 16 heavy (non-hydrogen) atoms. The van der Waals surface area contributed by atoms with Crippen LogP contribution in [0.2, 0.25) is 0 Å². The van der Waals surface area contributed by atoms with Crippen molar-refractivity contribution in [3.63, 3.8) is 0 Å². The van der Waals surface area contributed by atoms with Crippen LogP contribution < -0.4 is 0 Å². The summed E-state index contributed by atoms with van der Waals surface area (Å²) in [6.07, 6.45) is -1.33. The summed E-state index contributed by atoms with van der Waals surface area (Å²) < 4.78 is 17.4. The first-order valence-electron chi connectivity index (χ1n) is 4.53. The number of carbonyl (C=O) groups is 1. The van der Waals surface area contributed by atoms with Gasteiger partial charge in [0.15, 0.2) is 0 Å². The molecule has 1 unspecified atom stereocenters. The smallest absolute Gasteiger partial charge is 0.308 e. The molecule has 1 atom stereocenters. The van der Waals surface area contributed by atoms with Crippen LogP contribution in [0.5, 0.6) is 0 Å². The molecular formula is C11H10FNO3. The van der Waals surface area contributed by atoms with E-state index in [1.807, 2.05) is 0 Å². The predicted octanol–water partition coefficient (Wildman–Crippen LogP) is 1.29. The van der Waals surface area contributed by atoms with E-state index in [1.54, 1.807) is 6.07 Å². The average molecular weight is 223 g/mol. The van der Waals surface area contributed by atoms with Crippen molar-refractivity contribution in [3.05, 3.63) is 35.1 Å². The summed E-state index contributed by atoms with van der Waals surface area (Å²) in [7, 11) is 1.21. The zero-order valence-electron chi connectivity index (χ0n) is 8.61. The van der Waals surface area contributed by atoms with Crippen LogP contribution in [-0.4, -0.2) is 18.2 Å². The quantitative estimate of drug-likeness (QED) is 0.784. The summed E-state index contributed by atoms with van der Waals surface area (Å²) in [6, 6.07) is 5.27. The summed E-state index contributed by atoms with van der Waals surface area (Å²) in [4.78, 5) is 10.9. The molecule has 5 heteroatoms. The molecule has 0 amide bonds. The van der Waals surface area contributed by atoms with Crippen LogP contribution in [0, 0.1) is 17.1 Å². The van der Waals surface area contributed by atoms with Crippen molar-refractivity contribution in [2.45, 2.75) is 12.5 Å². The minimum absolute atomic E-state index is 0.165. The molecule has 4 nitrogen and oxygen atoms in total. The number of hydrogen-bond acceptors (Lipinski definition) is 4. The van der Waals surface area contributed by atoms with Gasteiger partial charge in [0, 0.05) is 0 Å². The Bertz CT molecular complexity index is 439. The van der Waals surface area contributed by atoms with Gasteiger partial charge >= 0.3 is 5.97 Å². The van der Waals surface area contributed by atoms with Crippen molar-refractivity contribution >= 4 is 5.97 Å². The van der Waals surface area contributed by atoms with Gasteiger partial charge in [0.05, 0.1) is 25.2 Å². The molecule has 0 heterocycles. The van der Waals surface area contributed by atoms with E-state index in [9.17, 15) is 14.3 Å². The third kappa shape index (κ3) is 2.78. The molecule has 0 aliphatic rings. The largest absolute Gasteiger partial charge is 0.469 e. The first-order valence-corrected chi connectivity index (χ1v) is 4.53. The number of nitrogens with zero attached hydrogens (tertiary/aromatic N) is 1. The molecule has 0 aliphatic carbocycles. The number of aliphatic hydroxyl groups excluding tert-OH is 1. The fourth-order valence-electron chi connectivity index (χ4n) is 1.19. The SMILES string of the molecule is COC(=O)CC(O)c1ccc(F)c(C#N)c1. The summed E-state index contributed by atoms with van der Waals surface area (Å²) >= 11 is 0. The van der Waals surface area contributed by atoms with Crippen LogP contribution in [0.3, 0.4) is 0 Å². The van der Waals surface area contributed by atoms with Gasteiger partial charge in [-0.2, -0.15) is 5.26 Å². The average Bonchev–Trinajstić information content (AvgIpc) is 2.29. The van der Waals surface area contributed by atoms with E-state index < -0.39 is 17.9 Å². The maximum atomic E-state index is 13.0. The maximum absolute atomic E-state index is 13.0. The van der Waals surface area contributed by atoms with Crippen molar-refractivity contribution in [3.8, 4) is 6.07 Å². The van der Waals surface area contributed by atoms with Crippen LogP contribution >= 0.6 is 0 Å². The lowest BCUT2D eigenvalue weighted by atomic mass is 10.0. The lowest BCUT2D eigenvalue weighted by Gasteiger charge is -2.09. The Kier molecular flexibility index (Phi) is 3.97. The topological polar surface area (TPSA) is 70.3 Å². The van der Waals surface area contributed by atoms with E-state index in [0.29, 0.717) is 5.56 Å². The van der Waals surface area contributed by atoms with Crippen molar-refractivity contribution < 1.29 is 19.0 Å². The van der Waals surface area contributed by atoms with Gasteiger partial charge in [0.25, 0.3) is 0 Å². The number of ether oxygens (including phenoxy) is 1. The lowest BCUT2D eigenvalue weighted by Crippen LogP contribution is -2.08. The molecule has 0 saturated carbocycles. The minimum atomic E-state index is -1.10. The number of methoxy groups -OCH3 is 1. The number of hydrogen-bond donors (Lipinski definition) is 1. The van der Waals surface area contributed by atoms with E-state index in [1.165, 1.54) is 19.2 Å². The van der Waals surface area contributed by atoms with E-state index in [-0.39, 0.29) is 12.0 Å². The van der Waals surface area contributed by atoms with Crippen LogP contribution in [0.25, 0.3) is 0 Å². The molecule has 1 rings (SSSR count). The van der Waals surface area contributed by atoms with Crippen LogP contribution in [0.4, 0.5) is 4.39 Å². The molecule has 0 aromatic heterocycles. The van der Waals surface area contributed by atoms with Gasteiger partial charge in [-0.15, -0.1) is 0 Å². The third-order valence-electron chi connectivity index (χ3n) is 2.08. The van der Waals surface area contributed by atoms with Crippen molar-refractivity contribution in [1.82, 2.24) is 0 Å². The standard InChI is InChI=1S/C11H10FNO3/c1-16-11(15)5-10(14)7-2-3-9(12)8(4-7)6-13/h2-4,10,14H,5H2,1H3. The molecule has 0 aliphatic heterocycles. The second-order valence-electron chi connectivity index (χ2n) is 3.15.